The summed E-state index contributed by atoms with van der Waals surface area (Å²) < 4.78 is 28.7. The Morgan fingerprint density at radius 1 is 1.24 bits per heavy atom. The van der Waals surface area contributed by atoms with Gasteiger partial charge in [-0.3, -0.25) is 10.00 Å². The van der Waals surface area contributed by atoms with Gasteiger partial charge in [0, 0.05) is 18.4 Å². The Hall–Kier alpha value is -2.14. The minimum atomic E-state index is -4.08. The number of carbonyl (C=O) groups excluding carboxylic acids is 1. The van der Waals surface area contributed by atoms with E-state index in [-0.39, 0.29) is 10.8 Å². The molecular weight excluding hydrogens is 364 g/mol. The molecule has 0 aromatic carbocycles. The lowest BCUT2D eigenvalue weighted by atomic mass is 10.4. The number of anilines is 1. The van der Waals surface area contributed by atoms with Crippen LogP contribution in [-0.2, 0) is 17.1 Å². The molecule has 9 nitrogen and oxygen atoms in total. The summed E-state index contributed by atoms with van der Waals surface area (Å²) in [6.07, 6.45) is 0. The standard InChI is InChI=1S/C14H20N6O3S2/c1-6-24-12-11(10(4)18-20(12)5)25(22,23)19-14(21)17-13-15-8(2)7-9(3)16-13/h7H,6H2,1-5H3,(H2,15,16,17,19,21). The van der Waals surface area contributed by atoms with Crippen LogP contribution >= 0.6 is 11.8 Å². The van der Waals surface area contributed by atoms with E-state index >= 15 is 0 Å². The summed E-state index contributed by atoms with van der Waals surface area (Å²) >= 11 is 1.34. The van der Waals surface area contributed by atoms with Gasteiger partial charge in [-0.1, -0.05) is 6.92 Å². The lowest BCUT2D eigenvalue weighted by Gasteiger charge is -2.09. The summed E-state index contributed by atoms with van der Waals surface area (Å²) in [6.45, 7) is 6.99. The zero-order valence-corrected chi connectivity index (χ0v) is 16.2. The van der Waals surface area contributed by atoms with Gasteiger partial charge >= 0.3 is 6.03 Å². The minimum Gasteiger partial charge on any atom is -0.275 e. The maximum Gasteiger partial charge on any atom is 0.335 e. The van der Waals surface area contributed by atoms with E-state index in [0.29, 0.717) is 27.9 Å². The van der Waals surface area contributed by atoms with E-state index in [4.69, 9.17) is 0 Å². The van der Waals surface area contributed by atoms with E-state index in [1.807, 2.05) is 11.6 Å². The first-order valence-corrected chi connectivity index (χ1v) is 9.93. The van der Waals surface area contributed by atoms with E-state index in [2.05, 4.69) is 20.4 Å². The first-order valence-electron chi connectivity index (χ1n) is 7.46. The average Bonchev–Trinajstić information content (AvgIpc) is 2.72. The molecule has 2 amide bonds. The molecule has 136 valence electrons. The zero-order chi connectivity index (χ0) is 18.8. The van der Waals surface area contributed by atoms with Crippen LogP contribution in [0.1, 0.15) is 24.0 Å². The van der Waals surface area contributed by atoms with Gasteiger partial charge in [-0.2, -0.15) is 5.10 Å². The topological polar surface area (TPSA) is 119 Å². The number of hydrogen-bond acceptors (Lipinski definition) is 7. The molecule has 2 heterocycles. The third kappa shape index (κ3) is 4.48. The number of hydrogen-bond donors (Lipinski definition) is 2. The fraction of sp³-hybridized carbons (Fsp3) is 0.429. The van der Waals surface area contributed by atoms with Crippen molar-refractivity contribution in [2.75, 3.05) is 11.1 Å². The van der Waals surface area contributed by atoms with Crippen LogP contribution in [0.5, 0.6) is 0 Å². The van der Waals surface area contributed by atoms with E-state index in [0.717, 1.165) is 0 Å². The van der Waals surface area contributed by atoms with Crippen molar-refractivity contribution in [2.45, 2.75) is 37.6 Å². The number of thioether (sulfide) groups is 1. The third-order valence-electron chi connectivity index (χ3n) is 3.10. The van der Waals surface area contributed by atoms with Crippen molar-refractivity contribution >= 4 is 33.8 Å². The average molecular weight is 384 g/mol. The molecule has 0 aliphatic carbocycles. The second-order valence-corrected chi connectivity index (χ2v) is 8.18. The number of nitrogens with zero attached hydrogens (tertiary/aromatic N) is 4. The van der Waals surface area contributed by atoms with Crippen LogP contribution in [0, 0.1) is 20.8 Å². The van der Waals surface area contributed by atoms with Crippen molar-refractivity contribution in [3.63, 3.8) is 0 Å². The van der Waals surface area contributed by atoms with Crippen LogP contribution in [0.15, 0.2) is 16.0 Å². The first kappa shape index (κ1) is 19.2. The van der Waals surface area contributed by atoms with Gasteiger partial charge in [0.2, 0.25) is 5.95 Å². The summed E-state index contributed by atoms with van der Waals surface area (Å²) in [4.78, 5) is 20.2. The predicted molar refractivity (Wildman–Crippen MR) is 95.2 cm³/mol. The van der Waals surface area contributed by atoms with E-state index < -0.39 is 16.1 Å². The van der Waals surface area contributed by atoms with E-state index in [9.17, 15) is 13.2 Å². The summed E-state index contributed by atoms with van der Waals surface area (Å²) in [5.74, 6) is 0.709. The molecule has 11 heteroatoms. The Kier molecular flexibility index (Phi) is 5.68. The summed E-state index contributed by atoms with van der Waals surface area (Å²) in [5, 5.41) is 6.95. The maximum atomic E-state index is 12.6. The van der Waals surface area contributed by atoms with Gasteiger partial charge in [-0.05, 0) is 32.6 Å². The summed E-state index contributed by atoms with van der Waals surface area (Å²) in [6, 6.07) is 0.813. The molecule has 25 heavy (non-hydrogen) atoms. The molecular formula is C14H20N6O3S2. The van der Waals surface area contributed by atoms with Gasteiger partial charge in [0.1, 0.15) is 9.92 Å². The molecule has 0 fully saturated rings. The Bertz CT molecular complexity index is 887. The lowest BCUT2D eigenvalue weighted by Crippen LogP contribution is -2.35. The van der Waals surface area contributed by atoms with Crippen LogP contribution in [0.2, 0.25) is 0 Å². The molecule has 0 saturated carbocycles. The number of aryl methyl sites for hydroxylation is 4. The van der Waals surface area contributed by atoms with Gasteiger partial charge in [0.15, 0.2) is 0 Å². The Labute approximate surface area is 150 Å². The highest BCUT2D eigenvalue weighted by Crippen LogP contribution is 2.28. The quantitative estimate of drug-likeness (QED) is 0.754. The second-order valence-electron chi connectivity index (χ2n) is 5.31. The van der Waals surface area contributed by atoms with Crippen molar-refractivity contribution in [3.8, 4) is 0 Å². The van der Waals surface area contributed by atoms with Gasteiger partial charge in [0.05, 0.1) is 5.69 Å². The van der Waals surface area contributed by atoms with Crippen LogP contribution < -0.4 is 10.0 Å². The highest BCUT2D eigenvalue weighted by atomic mass is 32.2. The molecule has 2 rings (SSSR count). The maximum absolute atomic E-state index is 12.6. The zero-order valence-electron chi connectivity index (χ0n) is 14.6. The Morgan fingerprint density at radius 3 is 2.40 bits per heavy atom. The first-order chi connectivity index (χ1) is 11.6. The largest absolute Gasteiger partial charge is 0.335 e. The Morgan fingerprint density at radius 2 is 1.84 bits per heavy atom. The number of rotatable bonds is 5. The molecule has 0 radical (unpaired) electrons. The summed E-state index contributed by atoms with van der Waals surface area (Å²) in [5.41, 5.74) is 1.65. The van der Waals surface area contributed by atoms with Crippen LogP contribution in [-0.4, -0.2) is 40.0 Å². The van der Waals surface area contributed by atoms with Crippen molar-refractivity contribution in [1.82, 2.24) is 24.5 Å². The predicted octanol–water partition coefficient (Wildman–Crippen LogP) is 1.76. The number of sulfonamides is 1. The molecule has 0 spiro atoms. The number of amides is 2. The smallest absolute Gasteiger partial charge is 0.275 e. The molecule has 2 aromatic heterocycles. The van der Waals surface area contributed by atoms with Crippen molar-refractivity contribution < 1.29 is 13.2 Å². The number of carbonyl (C=O) groups is 1. The number of urea groups is 1. The fourth-order valence-electron chi connectivity index (χ4n) is 2.30. The molecule has 0 bridgehead atoms. The van der Waals surface area contributed by atoms with Gasteiger partial charge < -0.3 is 0 Å². The van der Waals surface area contributed by atoms with Gasteiger partial charge in [-0.25, -0.2) is 27.9 Å². The minimum absolute atomic E-state index is 0.00154. The highest BCUT2D eigenvalue weighted by molar-refractivity contribution is 8.00. The highest BCUT2D eigenvalue weighted by Gasteiger charge is 2.28. The Balaban J connectivity index is 2.25. The molecule has 0 aliphatic heterocycles. The van der Waals surface area contributed by atoms with Crippen LogP contribution in [0.3, 0.4) is 0 Å². The van der Waals surface area contributed by atoms with Crippen molar-refractivity contribution in [1.29, 1.82) is 0 Å². The van der Waals surface area contributed by atoms with Crippen LogP contribution in [0.25, 0.3) is 0 Å². The number of nitrogens with one attached hydrogen (secondary N) is 2. The fourth-order valence-corrected chi connectivity index (χ4v) is 4.78. The van der Waals surface area contributed by atoms with Crippen molar-refractivity contribution in [3.05, 3.63) is 23.1 Å². The molecule has 2 aromatic rings. The molecule has 0 atom stereocenters. The van der Waals surface area contributed by atoms with Crippen LogP contribution in [0.4, 0.5) is 10.7 Å². The third-order valence-corrected chi connectivity index (χ3v) is 5.74. The SMILES string of the molecule is CCSc1c(S(=O)(=O)NC(=O)Nc2nc(C)cc(C)n2)c(C)nn1C. The van der Waals surface area contributed by atoms with Gasteiger partial charge in [0.25, 0.3) is 10.0 Å². The molecule has 0 aliphatic rings. The normalized spacial score (nSPS) is 11.4. The molecule has 2 N–H and O–H groups in total. The molecule has 0 unspecified atom stereocenters. The second kappa shape index (κ2) is 7.40. The van der Waals surface area contributed by atoms with E-state index in [1.54, 1.807) is 33.9 Å². The summed E-state index contributed by atoms with van der Waals surface area (Å²) in [7, 11) is -2.42. The molecule has 0 saturated heterocycles. The van der Waals surface area contributed by atoms with Crippen molar-refractivity contribution in [2.24, 2.45) is 7.05 Å². The monoisotopic (exact) mass is 384 g/mol. The lowest BCUT2D eigenvalue weighted by molar-refractivity contribution is 0.256. The number of aromatic nitrogens is 4. The van der Waals surface area contributed by atoms with Gasteiger partial charge in [-0.15, -0.1) is 11.8 Å². The van der Waals surface area contributed by atoms with E-state index in [1.165, 1.54) is 16.4 Å².